The number of nitrogens with one attached hydrogen (secondary N) is 1. The van der Waals surface area contributed by atoms with E-state index >= 15 is 0 Å². The van der Waals surface area contributed by atoms with Gasteiger partial charge in [-0.05, 0) is 43.5 Å². The number of benzene rings is 1. The van der Waals surface area contributed by atoms with Crippen LogP contribution in [-0.4, -0.2) is 6.54 Å². The minimum Gasteiger partial charge on any atom is -0.310 e. The lowest BCUT2D eigenvalue weighted by Gasteiger charge is -2.20. The zero-order chi connectivity index (χ0) is 15.5. The number of hydrogen-bond donors (Lipinski definition) is 1. The molecule has 0 aliphatic rings. The van der Waals surface area contributed by atoms with Gasteiger partial charge in [0.1, 0.15) is 0 Å². The fraction of sp³-hybridized carbons (Fsp3) is 0.684. The number of hydrogen-bond acceptors (Lipinski definition) is 1. The predicted octanol–water partition coefficient (Wildman–Crippen LogP) is 6.55. The third-order valence-electron chi connectivity index (χ3n) is 4.09. The molecule has 0 spiro atoms. The molecular weight excluding hydrogens is 322 g/mol. The molecule has 21 heavy (non-hydrogen) atoms. The zero-order valence-electron chi connectivity index (χ0n) is 14.1. The Kier molecular flexibility index (Phi) is 10.0. The summed E-state index contributed by atoms with van der Waals surface area (Å²) in [6.45, 7) is 7.77. The highest BCUT2D eigenvalue weighted by Gasteiger charge is 2.11. The van der Waals surface area contributed by atoms with Gasteiger partial charge in [-0.2, -0.15) is 0 Å². The first-order valence-corrected chi connectivity index (χ1v) is 9.47. The summed E-state index contributed by atoms with van der Waals surface area (Å²) in [5.74, 6) is 0. The minimum atomic E-state index is 0.507. The molecule has 0 radical (unpaired) electrons. The molecule has 0 saturated carbocycles. The van der Waals surface area contributed by atoms with Crippen LogP contribution >= 0.6 is 15.9 Å². The second-order valence-electron chi connectivity index (χ2n) is 6.07. The number of halogens is 1. The molecule has 0 heterocycles. The SMILES string of the molecule is CCCCCCCCC(NCCC)c1ccc(C)c(Br)c1. The van der Waals surface area contributed by atoms with Gasteiger partial charge in [0.25, 0.3) is 0 Å². The Morgan fingerprint density at radius 2 is 1.71 bits per heavy atom. The van der Waals surface area contributed by atoms with Crippen molar-refractivity contribution in [2.45, 2.75) is 78.2 Å². The summed E-state index contributed by atoms with van der Waals surface area (Å²) < 4.78 is 1.23. The van der Waals surface area contributed by atoms with Gasteiger partial charge in [-0.1, -0.05) is 80.4 Å². The topological polar surface area (TPSA) is 12.0 Å². The molecule has 0 fully saturated rings. The number of rotatable bonds is 11. The van der Waals surface area contributed by atoms with Crippen LogP contribution in [0.15, 0.2) is 22.7 Å². The molecule has 1 unspecified atom stereocenters. The molecule has 2 heteroatoms. The zero-order valence-corrected chi connectivity index (χ0v) is 15.6. The van der Waals surface area contributed by atoms with E-state index in [1.54, 1.807) is 0 Å². The maximum absolute atomic E-state index is 3.71. The average molecular weight is 354 g/mol. The summed E-state index contributed by atoms with van der Waals surface area (Å²) in [6, 6.07) is 7.30. The summed E-state index contributed by atoms with van der Waals surface area (Å²) in [7, 11) is 0. The van der Waals surface area contributed by atoms with Crippen LogP contribution in [0.4, 0.5) is 0 Å². The van der Waals surface area contributed by atoms with E-state index in [1.807, 2.05) is 0 Å². The summed E-state index contributed by atoms with van der Waals surface area (Å²) in [4.78, 5) is 0. The Balaban J connectivity index is 2.48. The van der Waals surface area contributed by atoms with Crippen LogP contribution in [0.25, 0.3) is 0 Å². The second-order valence-corrected chi connectivity index (χ2v) is 6.93. The molecule has 120 valence electrons. The molecular formula is C19H32BrN. The summed E-state index contributed by atoms with van der Waals surface area (Å²) in [5.41, 5.74) is 2.74. The molecule has 1 nitrogen and oxygen atoms in total. The highest BCUT2D eigenvalue weighted by atomic mass is 79.9. The normalized spacial score (nSPS) is 12.6. The fourth-order valence-electron chi connectivity index (χ4n) is 2.66. The quantitative estimate of drug-likeness (QED) is 0.444. The van der Waals surface area contributed by atoms with Crippen LogP contribution in [0.2, 0.25) is 0 Å². The van der Waals surface area contributed by atoms with Crippen molar-refractivity contribution in [1.82, 2.24) is 5.32 Å². The van der Waals surface area contributed by atoms with E-state index in [0.717, 1.165) is 6.54 Å². The molecule has 0 aliphatic carbocycles. The van der Waals surface area contributed by atoms with Gasteiger partial charge in [0.2, 0.25) is 0 Å². The Morgan fingerprint density at radius 1 is 1.00 bits per heavy atom. The van der Waals surface area contributed by atoms with E-state index in [4.69, 9.17) is 0 Å². The lowest BCUT2D eigenvalue weighted by Crippen LogP contribution is -2.22. The maximum Gasteiger partial charge on any atom is 0.0320 e. The van der Waals surface area contributed by atoms with Crippen molar-refractivity contribution in [1.29, 1.82) is 0 Å². The lowest BCUT2D eigenvalue weighted by atomic mass is 9.98. The molecule has 1 aromatic rings. The minimum absolute atomic E-state index is 0.507. The van der Waals surface area contributed by atoms with Gasteiger partial charge in [0.05, 0.1) is 0 Å². The van der Waals surface area contributed by atoms with Crippen molar-refractivity contribution < 1.29 is 0 Å². The summed E-state index contributed by atoms with van der Waals surface area (Å²) >= 11 is 3.67. The number of aryl methyl sites for hydroxylation is 1. The van der Waals surface area contributed by atoms with E-state index in [2.05, 4.69) is 60.2 Å². The molecule has 1 N–H and O–H groups in total. The van der Waals surface area contributed by atoms with Gasteiger partial charge < -0.3 is 5.32 Å². The largest absolute Gasteiger partial charge is 0.310 e. The standard InChI is InChI=1S/C19H32BrN/c1-4-6-7-8-9-10-11-19(21-14-5-2)17-13-12-16(3)18(20)15-17/h12-13,15,19,21H,4-11,14H2,1-3H3. The Labute approximate surface area is 140 Å². The van der Waals surface area contributed by atoms with Crippen LogP contribution in [0.3, 0.4) is 0 Å². The molecule has 0 saturated heterocycles. The van der Waals surface area contributed by atoms with Crippen LogP contribution in [0, 0.1) is 6.92 Å². The van der Waals surface area contributed by atoms with Crippen molar-refractivity contribution in [3.63, 3.8) is 0 Å². The smallest absolute Gasteiger partial charge is 0.0320 e. The van der Waals surface area contributed by atoms with E-state index in [-0.39, 0.29) is 0 Å². The van der Waals surface area contributed by atoms with Crippen molar-refractivity contribution in [2.24, 2.45) is 0 Å². The molecule has 0 aliphatic heterocycles. The van der Waals surface area contributed by atoms with Gasteiger partial charge in [-0.3, -0.25) is 0 Å². The van der Waals surface area contributed by atoms with Gasteiger partial charge in [0.15, 0.2) is 0 Å². The van der Waals surface area contributed by atoms with E-state index < -0.39 is 0 Å². The van der Waals surface area contributed by atoms with E-state index in [0.29, 0.717) is 6.04 Å². The van der Waals surface area contributed by atoms with Gasteiger partial charge in [-0.15, -0.1) is 0 Å². The van der Waals surface area contributed by atoms with Crippen molar-refractivity contribution in [2.75, 3.05) is 6.54 Å². The van der Waals surface area contributed by atoms with Gasteiger partial charge in [0, 0.05) is 10.5 Å². The number of unbranched alkanes of at least 4 members (excludes halogenated alkanes) is 5. The van der Waals surface area contributed by atoms with Crippen LogP contribution in [-0.2, 0) is 0 Å². The lowest BCUT2D eigenvalue weighted by molar-refractivity contribution is 0.466. The van der Waals surface area contributed by atoms with Crippen molar-refractivity contribution in [3.05, 3.63) is 33.8 Å². The molecule has 0 aromatic heterocycles. The molecule has 1 aromatic carbocycles. The summed E-state index contributed by atoms with van der Waals surface area (Å²) in [5, 5.41) is 3.71. The monoisotopic (exact) mass is 353 g/mol. The summed E-state index contributed by atoms with van der Waals surface area (Å²) in [6.07, 6.45) is 10.7. The Morgan fingerprint density at radius 3 is 2.38 bits per heavy atom. The molecule has 1 atom stereocenters. The van der Waals surface area contributed by atoms with Crippen LogP contribution in [0.1, 0.15) is 82.4 Å². The van der Waals surface area contributed by atoms with Crippen LogP contribution < -0.4 is 5.32 Å². The molecule has 0 bridgehead atoms. The predicted molar refractivity (Wildman–Crippen MR) is 97.9 cm³/mol. The first-order chi connectivity index (χ1) is 10.2. The Bertz CT molecular complexity index is 389. The average Bonchev–Trinajstić information content (AvgIpc) is 2.49. The third kappa shape index (κ3) is 7.46. The van der Waals surface area contributed by atoms with E-state index in [9.17, 15) is 0 Å². The molecule has 1 rings (SSSR count). The van der Waals surface area contributed by atoms with E-state index in [1.165, 1.54) is 67.0 Å². The second kappa shape index (κ2) is 11.3. The first-order valence-electron chi connectivity index (χ1n) is 8.68. The fourth-order valence-corrected chi connectivity index (χ4v) is 3.06. The van der Waals surface area contributed by atoms with Gasteiger partial charge >= 0.3 is 0 Å². The van der Waals surface area contributed by atoms with Crippen molar-refractivity contribution in [3.8, 4) is 0 Å². The Hall–Kier alpha value is -0.340. The maximum atomic E-state index is 3.71. The highest BCUT2D eigenvalue weighted by molar-refractivity contribution is 9.10. The highest BCUT2D eigenvalue weighted by Crippen LogP contribution is 2.25. The van der Waals surface area contributed by atoms with Crippen molar-refractivity contribution >= 4 is 15.9 Å². The molecule has 0 amide bonds. The first kappa shape index (κ1) is 18.7. The third-order valence-corrected chi connectivity index (χ3v) is 4.94. The van der Waals surface area contributed by atoms with Crippen LogP contribution in [0.5, 0.6) is 0 Å². The van der Waals surface area contributed by atoms with Gasteiger partial charge in [-0.25, -0.2) is 0 Å².